The second-order valence-corrected chi connectivity index (χ2v) is 4.66. The molecule has 0 fully saturated rings. The van der Waals surface area contributed by atoms with Crippen molar-refractivity contribution in [1.29, 1.82) is 0 Å². The SMILES string of the molecule is CCc1ccc(C(=O)COc2ccc(CCl)cc2)nc1. The van der Waals surface area contributed by atoms with Gasteiger partial charge in [0, 0.05) is 12.1 Å². The molecule has 1 heterocycles. The summed E-state index contributed by atoms with van der Waals surface area (Å²) < 4.78 is 5.45. The van der Waals surface area contributed by atoms with Crippen LogP contribution in [0, 0.1) is 0 Å². The average molecular weight is 290 g/mol. The lowest BCUT2D eigenvalue weighted by atomic mass is 10.2. The number of hydrogen-bond donors (Lipinski definition) is 0. The number of benzene rings is 1. The van der Waals surface area contributed by atoms with Crippen molar-refractivity contribution in [3.8, 4) is 5.75 Å². The van der Waals surface area contributed by atoms with Crippen molar-refractivity contribution in [2.24, 2.45) is 0 Å². The molecule has 0 aliphatic rings. The number of hydrogen-bond acceptors (Lipinski definition) is 3. The van der Waals surface area contributed by atoms with Crippen LogP contribution in [0.5, 0.6) is 5.75 Å². The highest BCUT2D eigenvalue weighted by atomic mass is 35.5. The smallest absolute Gasteiger partial charge is 0.218 e. The van der Waals surface area contributed by atoms with Gasteiger partial charge in [0.2, 0.25) is 5.78 Å². The Labute approximate surface area is 123 Å². The summed E-state index contributed by atoms with van der Waals surface area (Å²) in [5.74, 6) is 0.985. The van der Waals surface area contributed by atoms with E-state index in [-0.39, 0.29) is 12.4 Å². The number of pyridine rings is 1. The first kappa shape index (κ1) is 14.5. The number of nitrogens with zero attached hydrogens (tertiary/aromatic N) is 1. The quantitative estimate of drug-likeness (QED) is 0.602. The topological polar surface area (TPSA) is 39.2 Å². The summed E-state index contributed by atoms with van der Waals surface area (Å²) in [4.78, 5) is 16.1. The van der Waals surface area contributed by atoms with Crippen molar-refractivity contribution in [2.45, 2.75) is 19.2 Å². The molecule has 4 heteroatoms. The minimum atomic E-state index is -0.130. The van der Waals surface area contributed by atoms with Crippen LogP contribution >= 0.6 is 11.6 Å². The molecule has 0 atom stereocenters. The van der Waals surface area contributed by atoms with E-state index in [0.717, 1.165) is 17.5 Å². The third-order valence-corrected chi connectivity index (χ3v) is 3.27. The van der Waals surface area contributed by atoms with Gasteiger partial charge in [0.1, 0.15) is 11.4 Å². The Morgan fingerprint density at radius 1 is 1.15 bits per heavy atom. The zero-order chi connectivity index (χ0) is 14.4. The molecule has 0 saturated heterocycles. The summed E-state index contributed by atoms with van der Waals surface area (Å²) in [7, 11) is 0. The van der Waals surface area contributed by atoms with E-state index < -0.39 is 0 Å². The number of ether oxygens (including phenoxy) is 1. The maximum Gasteiger partial charge on any atom is 0.218 e. The van der Waals surface area contributed by atoms with Crippen molar-refractivity contribution in [3.05, 3.63) is 59.4 Å². The fourth-order valence-corrected chi connectivity index (χ4v) is 1.87. The number of carbonyl (C=O) groups is 1. The summed E-state index contributed by atoms with van der Waals surface area (Å²) in [5, 5.41) is 0. The number of ketones is 1. The summed E-state index contributed by atoms with van der Waals surface area (Å²) in [5.41, 5.74) is 2.56. The molecule has 0 aliphatic carbocycles. The lowest BCUT2D eigenvalue weighted by Gasteiger charge is -2.06. The molecule has 0 N–H and O–H groups in total. The molecule has 2 aromatic rings. The number of Topliss-reactive ketones (excluding diaryl/α,β-unsaturated/α-hetero) is 1. The van der Waals surface area contributed by atoms with Gasteiger partial charge < -0.3 is 4.74 Å². The normalized spacial score (nSPS) is 10.3. The third kappa shape index (κ3) is 3.81. The van der Waals surface area contributed by atoms with Crippen molar-refractivity contribution in [2.75, 3.05) is 6.61 Å². The summed E-state index contributed by atoms with van der Waals surface area (Å²) in [6, 6.07) is 11.0. The molecule has 104 valence electrons. The minimum Gasteiger partial charge on any atom is -0.485 e. The maximum absolute atomic E-state index is 11.9. The van der Waals surface area contributed by atoms with E-state index in [1.165, 1.54) is 0 Å². The van der Waals surface area contributed by atoms with Gasteiger partial charge in [-0.15, -0.1) is 11.6 Å². The standard InChI is InChI=1S/C16H16ClNO2/c1-2-12-5-8-15(18-10-12)16(19)11-20-14-6-3-13(9-17)4-7-14/h3-8,10H,2,9,11H2,1H3. The largest absolute Gasteiger partial charge is 0.485 e. The molecule has 0 amide bonds. The Bertz CT molecular complexity index is 564. The highest BCUT2D eigenvalue weighted by molar-refractivity contribution is 6.17. The number of halogens is 1. The minimum absolute atomic E-state index is 0.0152. The second kappa shape index (κ2) is 7.06. The molecule has 20 heavy (non-hydrogen) atoms. The van der Waals surface area contributed by atoms with Gasteiger partial charge in [-0.25, -0.2) is 0 Å². The molecule has 3 nitrogen and oxygen atoms in total. The van der Waals surface area contributed by atoms with Gasteiger partial charge in [0.05, 0.1) is 0 Å². The van der Waals surface area contributed by atoms with Crippen LogP contribution in [-0.4, -0.2) is 17.4 Å². The van der Waals surface area contributed by atoms with Gasteiger partial charge in [-0.3, -0.25) is 9.78 Å². The first-order valence-corrected chi connectivity index (χ1v) is 7.02. The molecule has 1 aromatic heterocycles. The predicted octanol–water partition coefficient (Wildman–Crippen LogP) is 3.64. The Morgan fingerprint density at radius 2 is 1.85 bits per heavy atom. The second-order valence-electron chi connectivity index (χ2n) is 4.39. The fourth-order valence-electron chi connectivity index (χ4n) is 1.70. The van der Waals surface area contributed by atoms with Crippen LogP contribution in [0.15, 0.2) is 42.6 Å². The molecule has 0 radical (unpaired) electrons. The average Bonchev–Trinajstić information content (AvgIpc) is 2.53. The van der Waals surface area contributed by atoms with Crippen LogP contribution < -0.4 is 4.74 Å². The number of carbonyl (C=O) groups excluding carboxylic acids is 1. The Kier molecular flexibility index (Phi) is 5.13. The molecule has 1 aromatic carbocycles. The molecule has 2 rings (SSSR count). The Morgan fingerprint density at radius 3 is 2.40 bits per heavy atom. The maximum atomic E-state index is 11.9. The van der Waals surface area contributed by atoms with Gasteiger partial charge in [0.25, 0.3) is 0 Å². The Hall–Kier alpha value is -1.87. The van der Waals surface area contributed by atoms with E-state index in [1.807, 2.05) is 25.1 Å². The van der Waals surface area contributed by atoms with E-state index >= 15 is 0 Å². The summed E-state index contributed by atoms with van der Waals surface area (Å²) in [6.45, 7) is 2.03. The first-order chi connectivity index (χ1) is 9.72. The highest BCUT2D eigenvalue weighted by Gasteiger charge is 2.08. The molecular weight excluding hydrogens is 274 g/mol. The van der Waals surface area contributed by atoms with Crippen LogP contribution in [0.3, 0.4) is 0 Å². The highest BCUT2D eigenvalue weighted by Crippen LogP contribution is 2.14. The first-order valence-electron chi connectivity index (χ1n) is 6.48. The number of alkyl halides is 1. The van der Waals surface area contributed by atoms with Crippen LogP contribution in [0.25, 0.3) is 0 Å². The number of rotatable bonds is 6. The van der Waals surface area contributed by atoms with E-state index in [0.29, 0.717) is 17.3 Å². The van der Waals surface area contributed by atoms with E-state index in [2.05, 4.69) is 4.98 Å². The summed E-state index contributed by atoms with van der Waals surface area (Å²) in [6.07, 6.45) is 2.63. The lowest BCUT2D eigenvalue weighted by Crippen LogP contribution is -2.13. The van der Waals surface area contributed by atoms with Crippen molar-refractivity contribution < 1.29 is 9.53 Å². The monoisotopic (exact) mass is 289 g/mol. The van der Waals surface area contributed by atoms with Crippen LogP contribution in [-0.2, 0) is 12.3 Å². The van der Waals surface area contributed by atoms with Crippen molar-refractivity contribution in [1.82, 2.24) is 4.98 Å². The lowest BCUT2D eigenvalue weighted by molar-refractivity contribution is 0.0916. The summed E-state index contributed by atoms with van der Waals surface area (Å²) >= 11 is 5.71. The molecule has 0 spiro atoms. The fraction of sp³-hybridized carbons (Fsp3) is 0.250. The third-order valence-electron chi connectivity index (χ3n) is 2.97. The van der Waals surface area contributed by atoms with Crippen molar-refractivity contribution >= 4 is 17.4 Å². The van der Waals surface area contributed by atoms with Gasteiger partial charge >= 0.3 is 0 Å². The molecule has 0 aliphatic heterocycles. The van der Waals surface area contributed by atoms with Crippen LogP contribution in [0.4, 0.5) is 0 Å². The number of aromatic nitrogens is 1. The zero-order valence-electron chi connectivity index (χ0n) is 11.3. The zero-order valence-corrected chi connectivity index (χ0v) is 12.1. The Balaban J connectivity index is 1.93. The van der Waals surface area contributed by atoms with Gasteiger partial charge in [0.15, 0.2) is 6.61 Å². The van der Waals surface area contributed by atoms with Gasteiger partial charge in [-0.05, 0) is 35.7 Å². The van der Waals surface area contributed by atoms with E-state index in [4.69, 9.17) is 16.3 Å². The van der Waals surface area contributed by atoms with Crippen LogP contribution in [0.2, 0.25) is 0 Å². The molecule has 0 unspecified atom stereocenters. The van der Waals surface area contributed by atoms with Crippen LogP contribution in [0.1, 0.15) is 28.5 Å². The van der Waals surface area contributed by atoms with E-state index in [1.54, 1.807) is 24.4 Å². The molecular formula is C16H16ClNO2. The molecule has 0 saturated carbocycles. The van der Waals surface area contributed by atoms with Gasteiger partial charge in [-0.1, -0.05) is 25.1 Å². The van der Waals surface area contributed by atoms with Gasteiger partial charge in [-0.2, -0.15) is 0 Å². The molecule has 0 bridgehead atoms. The number of aryl methyl sites for hydroxylation is 1. The predicted molar refractivity (Wildman–Crippen MR) is 79.4 cm³/mol. The van der Waals surface area contributed by atoms with Crippen molar-refractivity contribution in [3.63, 3.8) is 0 Å². The van der Waals surface area contributed by atoms with E-state index in [9.17, 15) is 4.79 Å².